The van der Waals surface area contributed by atoms with Crippen molar-refractivity contribution in [1.29, 1.82) is 0 Å². The van der Waals surface area contributed by atoms with Gasteiger partial charge >= 0.3 is 0 Å². The Kier molecular flexibility index (Phi) is 2.96. The van der Waals surface area contributed by atoms with Gasteiger partial charge in [-0.1, -0.05) is 11.6 Å². The molecular weight excluding hydrogens is 210 g/mol. The molecule has 0 atom stereocenters. The van der Waals surface area contributed by atoms with Crippen LogP contribution in [0.4, 0.5) is 0 Å². The average Bonchev–Trinajstić information content (AvgIpc) is 2.74. The minimum atomic E-state index is 0.132. The summed E-state index contributed by atoms with van der Waals surface area (Å²) in [4.78, 5) is 13.9. The van der Waals surface area contributed by atoms with Gasteiger partial charge in [0.1, 0.15) is 0 Å². The summed E-state index contributed by atoms with van der Waals surface area (Å²) in [7, 11) is 0. The highest BCUT2D eigenvalue weighted by molar-refractivity contribution is 6.31. The van der Waals surface area contributed by atoms with E-state index < -0.39 is 0 Å². The molecule has 0 N–H and O–H groups in total. The third-order valence-electron chi connectivity index (χ3n) is 2.80. The third-order valence-corrected chi connectivity index (χ3v) is 3.22. The average molecular weight is 224 g/mol. The van der Waals surface area contributed by atoms with E-state index in [1.807, 2.05) is 17.9 Å². The Morgan fingerprint density at radius 1 is 1.33 bits per heavy atom. The Bertz CT molecular complexity index is 383. The summed E-state index contributed by atoms with van der Waals surface area (Å²) >= 11 is 5.92. The summed E-state index contributed by atoms with van der Waals surface area (Å²) < 4.78 is 0. The van der Waals surface area contributed by atoms with Gasteiger partial charge < -0.3 is 4.90 Å². The zero-order valence-corrected chi connectivity index (χ0v) is 9.55. The number of hydrogen-bond acceptors (Lipinski definition) is 1. The second-order valence-corrected chi connectivity index (χ2v) is 4.37. The first-order valence-corrected chi connectivity index (χ1v) is 5.62. The van der Waals surface area contributed by atoms with Crippen LogP contribution in [-0.2, 0) is 0 Å². The Hall–Kier alpha value is -1.02. The fraction of sp³-hybridized carbons (Fsp3) is 0.417. The number of carbonyl (C=O) groups is 1. The van der Waals surface area contributed by atoms with Crippen LogP contribution in [0.25, 0.3) is 0 Å². The van der Waals surface area contributed by atoms with Crippen LogP contribution < -0.4 is 0 Å². The molecule has 0 aliphatic carbocycles. The van der Waals surface area contributed by atoms with Crippen LogP contribution in [0.3, 0.4) is 0 Å². The molecule has 1 fully saturated rings. The minimum absolute atomic E-state index is 0.132. The van der Waals surface area contributed by atoms with Gasteiger partial charge in [0.2, 0.25) is 0 Å². The topological polar surface area (TPSA) is 20.3 Å². The van der Waals surface area contributed by atoms with Gasteiger partial charge in [0.05, 0.1) is 0 Å². The molecule has 1 aliphatic rings. The van der Waals surface area contributed by atoms with Crippen LogP contribution >= 0.6 is 11.6 Å². The van der Waals surface area contributed by atoms with E-state index in [0.717, 1.165) is 37.1 Å². The van der Waals surface area contributed by atoms with Gasteiger partial charge in [0.15, 0.2) is 0 Å². The van der Waals surface area contributed by atoms with Crippen molar-refractivity contribution in [2.45, 2.75) is 19.8 Å². The number of nitrogens with zero attached hydrogens (tertiary/aromatic N) is 1. The predicted molar refractivity (Wildman–Crippen MR) is 61.3 cm³/mol. The number of rotatable bonds is 1. The minimum Gasteiger partial charge on any atom is -0.339 e. The van der Waals surface area contributed by atoms with E-state index in [1.54, 1.807) is 12.1 Å². The van der Waals surface area contributed by atoms with Crippen LogP contribution in [0.15, 0.2) is 18.2 Å². The molecule has 0 saturated carbocycles. The molecule has 0 bridgehead atoms. The van der Waals surface area contributed by atoms with Crippen LogP contribution in [0.1, 0.15) is 28.8 Å². The molecule has 3 heteroatoms. The summed E-state index contributed by atoms with van der Waals surface area (Å²) in [6, 6.07) is 5.46. The van der Waals surface area contributed by atoms with E-state index in [4.69, 9.17) is 11.6 Å². The first-order valence-electron chi connectivity index (χ1n) is 5.24. The van der Waals surface area contributed by atoms with Gasteiger partial charge in [-0.3, -0.25) is 4.79 Å². The fourth-order valence-corrected chi connectivity index (χ4v) is 2.00. The van der Waals surface area contributed by atoms with Crippen LogP contribution in [0.2, 0.25) is 5.02 Å². The Labute approximate surface area is 94.8 Å². The molecule has 0 spiro atoms. The zero-order valence-electron chi connectivity index (χ0n) is 8.79. The van der Waals surface area contributed by atoms with Crippen LogP contribution in [0.5, 0.6) is 0 Å². The smallest absolute Gasteiger partial charge is 0.253 e. The van der Waals surface area contributed by atoms with Crippen molar-refractivity contribution in [3.8, 4) is 0 Å². The Morgan fingerprint density at radius 3 is 2.60 bits per heavy atom. The van der Waals surface area contributed by atoms with Gasteiger partial charge in [-0.15, -0.1) is 0 Å². The molecule has 1 heterocycles. The lowest BCUT2D eigenvalue weighted by Crippen LogP contribution is -2.27. The maximum absolute atomic E-state index is 12.0. The van der Waals surface area contributed by atoms with Gasteiger partial charge in [0, 0.05) is 23.7 Å². The molecule has 80 valence electrons. The number of aryl methyl sites for hydroxylation is 1. The summed E-state index contributed by atoms with van der Waals surface area (Å²) in [5.74, 6) is 0.132. The highest BCUT2D eigenvalue weighted by Crippen LogP contribution is 2.19. The molecule has 1 aliphatic heterocycles. The van der Waals surface area contributed by atoms with Crippen molar-refractivity contribution in [2.24, 2.45) is 0 Å². The summed E-state index contributed by atoms with van der Waals surface area (Å²) in [5, 5.41) is 0.716. The quantitative estimate of drug-likeness (QED) is 0.717. The SMILES string of the molecule is Cc1cc(C(=O)N2CCCC2)ccc1Cl. The largest absolute Gasteiger partial charge is 0.339 e. The molecule has 1 aromatic rings. The molecule has 0 unspecified atom stereocenters. The van der Waals surface area contributed by atoms with E-state index in [2.05, 4.69) is 0 Å². The number of benzene rings is 1. The van der Waals surface area contributed by atoms with Crippen molar-refractivity contribution in [2.75, 3.05) is 13.1 Å². The van der Waals surface area contributed by atoms with Crippen LogP contribution in [0, 0.1) is 6.92 Å². The number of halogens is 1. The first kappa shape index (κ1) is 10.5. The molecule has 1 amide bonds. The molecule has 15 heavy (non-hydrogen) atoms. The lowest BCUT2D eigenvalue weighted by molar-refractivity contribution is 0.0793. The number of likely N-dealkylation sites (tertiary alicyclic amines) is 1. The Balaban J connectivity index is 2.21. The van der Waals surface area contributed by atoms with E-state index in [9.17, 15) is 4.79 Å². The lowest BCUT2D eigenvalue weighted by atomic mass is 10.1. The highest BCUT2D eigenvalue weighted by atomic mass is 35.5. The third kappa shape index (κ3) is 2.15. The second kappa shape index (κ2) is 4.23. The predicted octanol–water partition coefficient (Wildman–Crippen LogP) is 2.88. The number of hydrogen-bond donors (Lipinski definition) is 0. The van der Waals surface area contributed by atoms with Gasteiger partial charge in [-0.2, -0.15) is 0 Å². The molecule has 1 saturated heterocycles. The van der Waals surface area contributed by atoms with Crippen LogP contribution in [-0.4, -0.2) is 23.9 Å². The van der Waals surface area contributed by atoms with Crippen molar-refractivity contribution in [1.82, 2.24) is 4.90 Å². The molecular formula is C12H14ClNO. The first-order chi connectivity index (χ1) is 7.18. The standard InChI is InChI=1S/C12H14ClNO/c1-9-8-10(4-5-11(9)13)12(15)14-6-2-3-7-14/h4-5,8H,2-3,6-7H2,1H3. The molecule has 2 rings (SSSR count). The Morgan fingerprint density at radius 2 is 2.00 bits per heavy atom. The van der Waals surface area contributed by atoms with Crippen molar-refractivity contribution in [3.05, 3.63) is 34.3 Å². The summed E-state index contributed by atoms with van der Waals surface area (Å²) in [6.45, 7) is 3.70. The molecule has 0 aromatic heterocycles. The van der Waals surface area contributed by atoms with E-state index in [1.165, 1.54) is 0 Å². The summed E-state index contributed by atoms with van der Waals surface area (Å²) in [5.41, 5.74) is 1.71. The second-order valence-electron chi connectivity index (χ2n) is 3.96. The van der Waals surface area contributed by atoms with Crippen molar-refractivity contribution in [3.63, 3.8) is 0 Å². The van der Waals surface area contributed by atoms with Gasteiger partial charge in [-0.25, -0.2) is 0 Å². The highest BCUT2D eigenvalue weighted by Gasteiger charge is 2.19. The van der Waals surface area contributed by atoms with E-state index >= 15 is 0 Å². The maximum Gasteiger partial charge on any atom is 0.253 e. The van der Waals surface area contributed by atoms with Crippen molar-refractivity contribution < 1.29 is 4.79 Å². The zero-order chi connectivity index (χ0) is 10.8. The normalized spacial score (nSPS) is 15.7. The van der Waals surface area contributed by atoms with Gasteiger partial charge in [0.25, 0.3) is 5.91 Å². The monoisotopic (exact) mass is 223 g/mol. The van der Waals surface area contributed by atoms with Crippen molar-refractivity contribution >= 4 is 17.5 Å². The lowest BCUT2D eigenvalue weighted by Gasteiger charge is -2.15. The number of amides is 1. The number of carbonyl (C=O) groups excluding carboxylic acids is 1. The van der Waals surface area contributed by atoms with Gasteiger partial charge in [-0.05, 0) is 43.5 Å². The molecule has 0 radical (unpaired) electrons. The fourth-order valence-electron chi connectivity index (χ4n) is 1.88. The van der Waals surface area contributed by atoms with E-state index in [0.29, 0.717) is 5.02 Å². The van der Waals surface area contributed by atoms with E-state index in [-0.39, 0.29) is 5.91 Å². The summed E-state index contributed by atoms with van der Waals surface area (Å²) in [6.07, 6.45) is 2.25. The maximum atomic E-state index is 12.0. The molecule has 1 aromatic carbocycles. The molecule has 2 nitrogen and oxygen atoms in total.